The van der Waals surface area contributed by atoms with Gasteiger partial charge in [0, 0.05) is 0 Å². The molecule has 3 rings (SSSR count). The molecular weight excluding hydrogens is 236 g/mol. The maximum atomic E-state index is 5.59. The lowest BCUT2D eigenvalue weighted by Gasteiger charge is -2.03. The van der Waals surface area contributed by atoms with Gasteiger partial charge in [-0.15, -0.1) is 0 Å². The molecule has 6 heteroatoms. The summed E-state index contributed by atoms with van der Waals surface area (Å²) >= 11 is 1.48. The summed E-state index contributed by atoms with van der Waals surface area (Å²) in [5.74, 6) is 1.29. The summed E-state index contributed by atoms with van der Waals surface area (Å²) in [7, 11) is 1.65. The monoisotopic (exact) mass is 246 g/mol. The molecule has 0 amide bonds. The lowest BCUT2D eigenvalue weighted by atomic mass is 10.2. The van der Waals surface area contributed by atoms with Gasteiger partial charge in [-0.25, -0.2) is 9.50 Å². The van der Waals surface area contributed by atoms with Crippen LogP contribution in [0.4, 0.5) is 5.82 Å². The third-order valence-corrected chi connectivity index (χ3v) is 3.36. The number of fused-ring (bicyclic) bond motifs is 1. The molecule has 0 spiro atoms. The molecule has 5 nitrogen and oxygen atoms in total. The van der Waals surface area contributed by atoms with Crippen LogP contribution in [0.3, 0.4) is 0 Å². The minimum Gasteiger partial charge on any atom is -0.496 e. The van der Waals surface area contributed by atoms with Crippen molar-refractivity contribution in [2.24, 2.45) is 0 Å². The summed E-state index contributed by atoms with van der Waals surface area (Å²) in [5.41, 5.74) is 6.55. The number of rotatable bonds is 2. The molecule has 0 aliphatic carbocycles. The van der Waals surface area contributed by atoms with Crippen molar-refractivity contribution in [1.82, 2.24) is 14.6 Å². The molecule has 0 radical (unpaired) electrons. The van der Waals surface area contributed by atoms with Crippen LogP contribution in [0.5, 0.6) is 5.75 Å². The fraction of sp³-hybridized carbons (Fsp3) is 0.0909. The van der Waals surface area contributed by atoms with Crippen LogP contribution in [0.1, 0.15) is 0 Å². The molecule has 2 N–H and O–H groups in total. The van der Waals surface area contributed by atoms with Crippen LogP contribution in [-0.4, -0.2) is 21.7 Å². The topological polar surface area (TPSA) is 65.4 Å². The van der Waals surface area contributed by atoms with Gasteiger partial charge in [0.1, 0.15) is 11.6 Å². The first-order chi connectivity index (χ1) is 8.28. The maximum absolute atomic E-state index is 5.59. The summed E-state index contributed by atoms with van der Waals surface area (Å²) in [6, 6.07) is 7.77. The van der Waals surface area contributed by atoms with Crippen LogP contribution in [0.2, 0.25) is 0 Å². The standard InChI is InChI=1S/C11H10N4OS/c1-16-8-5-3-2-4-7(8)10-14-15-6-9(12)13-11(15)17-10/h2-6H,12H2,1H3. The number of nitrogens with zero attached hydrogens (tertiary/aromatic N) is 3. The van der Waals surface area contributed by atoms with Crippen molar-refractivity contribution in [3.05, 3.63) is 30.5 Å². The Bertz CT molecular complexity index is 641. The number of methoxy groups -OCH3 is 1. The van der Waals surface area contributed by atoms with Gasteiger partial charge in [-0.05, 0) is 12.1 Å². The van der Waals surface area contributed by atoms with Crippen molar-refractivity contribution >= 4 is 22.1 Å². The van der Waals surface area contributed by atoms with E-state index in [1.54, 1.807) is 17.8 Å². The SMILES string of the molecule is COc1ccccc1-c1nn2cc(N)nc2s1. The number of benzene rings is 1. The first-order valence-corrected chi connectivity index (χ1v) is 5.84. The van der Waals surface area contributed by atoms with Crippen LogP contribution in [0.25, 0.3) is 15.5 Å². The molecule has 0 fully saturated rings. The second kappa shape index (κ2) is 3.74. The molecule has 2 aromatic heterocycles. The second-order valence-corrected chi connectivity index (χ2v) is 4.46. The molecule has 0 aliphatic rings. The molecule has 86 valence electrons. The highest BCUT2D eigenvalue weighted by molar-refractivity contribution is 7.19. The number of para-hydroxylation sites is 1. The van der Waals surface area contributed by atoms with Gasteiger partial charge >= 0.3 is 0 Å². The molecule has 0 bridgehead atoms. The molecule has 0 saturated carbocycles. The Morgan fingerprint density at radius 3 is 2.94 bits per heavy atom. The van der Waals surface area contributed by atoms with Gasteiger partial charge < -0.3 is 10.5 Å². The number of nitrogen functional groups attached to an aromatic ring is 1. The number of imidazole rings is 1. The van der Waals surface area contributed by atoms with Crippen molar-refractivity contribution in [3.63, 3.8) is 0 Å². The fourth-order valence-electron chi connectivity index (χ4n) is 1.65. The van der Waals surface area contributed by atoms with E-state index in [2.05, 4.69) is 10.1 Å². The van der Waals surface area contributed by atoms with Gasteiger partial charge in [-0.3, -0.25) is 0 Å². The average molecular weight is 246 g/mol. The fourth-order valence-corrected chi connectivity index (χ4v) is 2.57. The molecule has 3 aromatic rings. The van der Waals surface area contributed by atoms with Crippen molar-refractivity contribution < 1.29 is 4.74 Å². The van der Waals surface area contributed by atoms with Gasteiger partial charge in [-0.2, -0.15) is 5.10 Å². The summed E-state index contributed by atoms with van der Waals surface area (Å²) in [5, 5.41) is 5.29. The van der Waals surface area contributed by atoms with E-state index in [-0.39, 0.29) is 0 Å². The van der Waals surface area contributed by atoms with Gasteiger partial charge in [-0.1, -0.05) is 23.5 Å². The molecule has 0 saturated heterocycles. The highest BCUT2D eigenvalue weighted by atomic mass is 32.1. The van der Waals surface area contributed by atoms with E-state index in [1.807, 2.05) is 24.3 Å². The van der Waals surface area contributed by atoms with Crippen LogP contribution in [0.15, 0.2) is 30.5 Å². The van der Waals surface area contributed by atoms with Crippen molar-refractivity contribution in [1.29, 1.82) is 0 Å². The van der Waals surface area contributed by atoms with E-state index in [4.69, 9.17) is 10.5 Å². The zero-order chi connectivity index (χ0) is 11.8. The summed E-state index contributed by atoms with van der Waals surface area (Å²) < 4.78 is 6.99. The predicted molar refractivity (Wildman–Crippen MR) is 67.3 cm³/mol. The van der Waals surface area contributed by atoms with Gasteiger partial charge in [0.25, 0.3) is 0 Å². The number of nitrogens with two attached hydrogens (primary N) is 1. The molecular formula is C11H10N4OS. The summed E-state index contributed by atoms with van der Waals surface area (Å²) in [6.45, 7) is 0. The van der Waals surface area contributed by atoms with Crippen molar-refractivity contribution in [2.75, 3.05) is 12.8 Å². The molecule has 2 heterocycles. The average Bonchev–Trinajstić information content (AvgIpc) is 2.86. The number of hydrogen-bond donors (Lipinski definition) is 1. The molecule has 17 heavy (non-hydrogen) atoms. The number of ether oxygens (including phenoxy) is 1. The molecule has 0 unspecified atom stereocenters. The number of hydrogen-bond acceptors (Lipinski definition) is 5. The highest BCUT2D eigenvalue weighted by Crippen LogP contribution is 2.32. The lowest BCUT2D eigenvalue weighted by Crippen LogP contribution is -1.88. The Kier molecular flexibility index (Phi) is 2.22. The Morgan fingerprint density at radius 2 is 2.18 bits per heavy atom. The van der Waals surface area contributed by atoms with Gasteiger partial charge in [0.15, 0.2) is 5.01 Å². The zero-order valence-electron chi connectivity index (χ0n) is 9.12. The Morgan fingerprint density at radius 1 is 1.35 bits per heavy atom. The second-order valence-electron chi connectivity index (χ2n) is 3.50. The predicted octanol–water partition coefficient (Wildman–Crippen LogP) is 2.05. The first-order valence-electron chi connectivity index (χ1n) is 5.03. The Balaban J connectivity index is 2.16. The molecule has 0 aliphatic heterocycles. The van der Waals surface area contributed by atoms with Crippen LogP contribution < -0.4 is 10.5 Å². The maximum Gasteiger partial charge on any atom is 0.214 e. The number of aromatic nitrogens is 3. The lowest BCUT2D eigenvalue weighted by molar-refractivity contribution is 0.416. The van der Waals surface area contributed by atoms with Crippen molar-refractivity contribution in [3.8, 4) is 16.3 Å². The zero-order valence-corrected chi connectivity index (χ0v) is 9.94. The van der Waals surface area contributed by atoms with Gasteiger partial charge in [0.05, 0.1) is 18.9 Å². The molecule has 1 aromatic carbocycles. The minimum absolute atomic E-state index is 0.482. The van der Waals surface area contributed by atoms with E-state index < -0.39 is 0 Å². The smallest absolute Gasteiger partial charge is 0.214 e. The summed E-state index contributed by atoms with van der Waals surface area (Å²) in [6.07, 6.45) is 1.70. The number of anilines is 1. The van der Waals surface area contributed by atoms with E-state index in [0.29, 0.717) is 5.82 Å². The van der Waals surface area contributed by atoms with Crippen LogP contribution in [0, 0.1) is 0 Å². The van der Waals surface area contributed by atoms with Crippen molar-refractivity contribution in [2.45, 2.75) is 0 Å². The minimum atomic E-state index is 0.482. The van der Waals surface area contributed by atoms with Crippen LogP contribution in [-0.2, 0) is 0 Å². The Labute approximate surface area is 101 Å². The first kappa shape index (κ1) is 10.1. The van der Waals surface area contributed by atoms with E-state index in [1.165, 1.54) is 11.3 Å². The normalized spacial score (nSPS) is 10.9. The third-order valence-electron chi connectivity index (χ3n) is 2.40. The Hall–Kier alpha value is -2.08. The third kappa shape index (κ3) is 1.62. The molecule has 0 atom stereocenters. The van der Waals surface area contributed by atoms with E-state index >= 15 is 0 Å². The summed E-state index contributed by atoms with van der Waals surface area (Å²) in [4.78, 5) is 4.95. The van der Waals surface area contributed by atoms with E-state index in [9.17, 15) is 0 Å². The quantitative estimate of drug-likeness (QED) is 0.751. The van der Waals surface area contributed by atoms with E-state index in [0.717, 1.165) is 21.3 Å². The van der Waals surface area contributed by atoms with Gasteiger partial charge in [0.2, 0.25) is 4.96 Å². The van der Waals surface area contributed by atoms with Crippen LogP contribution >= 0.6 is 11.3 Å². The highest BCUT2D eigenvalue weighted by Gasteiger charge is 2.12. The largest absolute Gasteiger partial charge is 0.496 e.